The Kier molecular flexibility index (Phi) is 10.4. The van der Waals surface area contributed by atoms with Crippen molar-refractivity contribution in [1.82, 2.24) is 14.8 Å². The normalized spacial score (nSPS) is 21.6. The summed E-state index contributed by atoms with van der Waals surface area (Å²) >= 11 is 8.01. The number of carbonyl (C=O) groups excluding carboxylic acids is 3. The maximum Gasteiger partial charge on any atom is 0.425 e. The predicted octanol–water partition coefficient (Wildman–Crippen LogP) is 7.51. The van der Waals surface area contributed by atoms with Crippen LogP contribution in [0.25, 0.3) is 0 Å². The number of aromatic nitrogens is 1. The fourth-order valence-electron chi connectivity index (χ4n) is 6.58. The summed E-state index contributed by atoms with van der Waals surface area (Å²) in [5, 5.41) is 1.11. The van der Waals surface area contributed by atoms with E-state index < -0.39 is 63.9 Å². The van der Waals surface area contributed by atoms with Crippen LogP contribution in [-0.2, 0) is 28.4 Å². The highest BCUT2D eigenvalue weighted by Gasteiger charge is 2.57. The first kappa shape index (κ1) is 35.9. The molecule has 0 spiro atoms. The molecule has 3 amide bonds. The van der Waals surface area contributed by atoms with Crippen LogP contribution in [0.1, 0.15) is 82.9 Å². The van der Waals surface area contributed by atoms with Crippen molar-refractivity contribution >= 4 is 52.0 Å². The fraction of sp³-hybridized carbons (Fsp3) is 0.484. The molecule has 3 atom stereocenters. The molecule has 48 heavy (non-hydrogen) atoms. The van der Waals surface area contributed by atoms with Crippen LogP contribution in [-0.4, -0.2) is 57.2 Å². The van der Waals surface area contributed by atoms with Gasteiger partial charge in [-0.3, -0.25) is 19.4 Å². The fourth-order valence-corrected chi connectivity index (χ4v) is 8.59. The molecule has 2 aliphatic heterocycles. The molecule has 3 aromatic rings. The third-order valence-electron chi connectivity index (χ3n) is 8.57. The summed E-state index contributed by atoms with van der Waals surface area (Å²) in [6, 6.07) is 2.33. The Morgan fingerprint density at radius 2 is 1.85 bits per heavy atom. The number of fused-ring (bicyclic) bond motifs is 1. The number of hydrogen-bond acceptors (Lipinski definition) is 7. The van der Waals surface area contributed by atoms with E-state index in [1.54, 1.807) is 13.0 Å². The van der Waals surface area contributed by atoms with Gasteiger partial charge in [0.15, 0.2) is 0 Å². The first-order chi connectivity index (χ1) is 22.6. The van der Waals surface area contributed by atoms with E-state index in [9.17, 15) is 35.9 Å². The molecule has 0 radical (unpaired) electrons. The van der Waals surface area contributed by atoms with Crippen LogP contribution in [0.4, 0.5) is 26.3 Å². The number of carbonyl (C=O) groups is 3. The van der Waals surface area contributed by atoms with Crippen LogP contribution < -0.4 is 10.5 Å². The van der Waals surface area contributed by atoms with E-state index in [4.69, 9.17) is 22.1 Å². The number of ether oxygens (including phenoxy) is 1. The molecule has 260 valence electrons. The second-order valence-electron chi connectivity index (χ2n) is 11.6. The van der Waals surface area contributed by atoms with Crippen molar-refractivity contribution in [3.05, 3.63) is 66.8 Å². The summed E-state index contributed by atoms with van der Waals surface area (Å²) in [7, 11) is 0. The van der Waals surface area contributed by atoms with Gasteiger partial charge in [0.25, 0.3) is 11.8 Å². The third kappa shape index (κ3) is 7.15. The summed E-state index contributed by atoms with van der Waals surface area (Å²) in [4.78, 5) is 47.2. The van der Waals surface area contributed by atoms with Crippen LogP contribution in [0.2, 0.25) is 4.34 Å². The van der Waals surface area contributed by atoms with E-state index in [2.05, 4.69) is 4.98 Å². The van der Waals surface area contributed by atoms with Crippen LogP contribution in [0.15, 0.2) is 35.8 Å². The molecule has 3 aromatic heterocycles. The summed E-state index contributed by atoms with van der Waals surface area (Å²) in [6.07, 6.45) is -7.73. The van der Waals surface area contributed by atoms with Gasteiger partial charge in [0.2, 0.25) is 11.5 Å². The van der Waals surface area contributed by atoms with Gasteiger partial charge in [-0.15, -0.1) is 22.7 Å². The zero-order valence-electron chi connectivity index (χ0n) is 25.5. The number of primary amides is 1. The first-order valence-electron chi connectivity index (χ1n) is 15.1. The van der Waals surface area contributed by atoms with Gasteiger partial charge in [-0.25, -0.2) is 0 Å². The van der Waals surface area contributed by atoms with Crippen LogP contribution >= 0.6 is 34.3 Å². The standard InChI is InChI=1S/C31H31ClF6N4O4S2/c1-2-5-22-29(46-17-14-23(47-16-17)31(36,37)38,10-4-12-42(22)27(44)26-19(30(33,34)35)6-3-11-40-26)28(45)41-13-9-21-18(15-24(32)48-21)20(41)7-8-25(39)43/h3,6,11,14-16,20,22H,2,4-5,7-10,12-13H2,1H3,(H2,39,43). The van der Waals surface area contributed by atoms with Crippen LogP contribution in [0, 0.1) is 0 Å². The lowest BCUT2D eigenvalue weighted by Gasteiger charge is -2.51. The smallest absolute Gasteiger partial charge is 0.425 e. The molecule has 0 bridgehead atoms. The van der Waals surface area contributed by atoms with Gasteiger partial charge in [-0.05, 0) is 49.4 Å². The topological polar surface area (TPSA) is 106 Å². The maximum atomic E-state index is 15.1. The largest absolute Gasteiger partial charge is 0.474 e. The lowest BCUT2D eigenvalue weighted by Crippen LogP contribution is -2.68. The summed E-state index contributed by atoms with van der Waals surface area (Å²) in [6.45, 7) is 1.82. The summed E-state index contributed by atoms with van der Waals surface area (Å²) < 4.78 is 89.7. The highest BCUT2D eigenvalue weighted by molar-refractivity contribution is 7.16. The maximum absolute atomic E-state index is 15.1. The molecule has 17 heteroatoms. The van der Waals surface area contributed by atoms with Crippen LogP contribution in [0.3, 0.4) is 0 Å². The van der Waals surface area contributed by atoms with Gasteiger partial charge in [0, 0.05) is 48.5 Å². The molecule has 8 nitrogen and oxygen atoms in total. The van der Waals surface area contributed by atoms with Crippen molar-refractivity contribution in [2.75, 3.05) is 13.1 Å². The lowest BCUT2D eigenvalue weighted by atomic mass is 9.79. The molecule has 5 rings (SSSR count). The van der Waals surface area contributed by atoms with Gasteiger partial charge in [0.05, 0.1) is 22.0 Å². The van der Waals surface area contributed by atoms with E-state index in [0.29, 0.717) is 34.1 Å². The minimum absolute atomic E-state index is 0.0530. The Bertz CT molecular complexity index is 1680. The van der Waals surface area contributed by atoms with Gasteiger partial charge in [-0.1, -0.05) is 24.9 Å². The molecule has 0 aliphatic carbocycles. The molecule has 1 saturated heterocycles. The lowest BCUT2D eigenvalue weighted by molar-refractivity contribution is -0.162. The molecular formula is C31H31ClF6N4O4S2. The Morgan fingerprint density at radius 1 is 1.10 bits per heavy atom. The summed E-state index contributed by atoms with van der Waals surface area (Å²) in [5.74, 6) is -2.64. The number of piperidine rings is 1. The number of nitrogens with two attached hydrogens (primary N) is 1. The molecule has 0 aromatic carbocycles. The van der Waals surface area contributed by atoms with Crippen molar-refractivity contribution in [3.63, 3.8) is 0 Å². The number of amides is 3. The highest BCUT2D eigenvalue weighted by Crippen LogP contribution is 2.46. The Balaban J connectivity index is 1.64. The van der Waals surface area contributed by atoms with E-state index in [1.807, 2.05) is 0 Å². The zero-order valence-corrected chi connectivity index (χ0v) is 27.9. The molecule has 2 N–H and O–H groups in total. The van der Waals surface area contributed by atoms with Gasteiger partial charge in [0.1, 0.15) is 16.3 Å². The average molecular weight is 737 g/mol. The Labute approximate surface area is 284 Å². The van der Waals surface area contributed by atoms with Gasteiger partial charge >= 0.3 is 12.4 Å². The molecule has 5 heterocycles. The average Bonchev–Trinajstić information content (AvgIpc) is 3.65. The highest BCUT2D eigenvalue weighted by atomic mass is 35.5. The van der Waals surface area contributed by atoms with E-state index in [1.165, 1.54) is 16.2 Å². The number of likely N-dealkylation sites (tertiary alicyclic amines) is 1. The van der Waals surface area contributed by atoms with E-state index in [-0.39, 0.29) is 50.9 Å². The second-order valence-corrected chi connectivity index (χ2v) is 14.3. The number of pyridine rings is 1. The van der Waals surface area contributed by atoms with Gasteiger partial charge in [-0.2, -0.15) is 26.3 Å². The van der Waals surface area contributed by atoms with Crippen molar-refractivity contribution in [2.24, 2.45) is 5.73 Å². The van der Waals surface area contributed by atoms with Crippen LogP contribution in [0.5, 0.6) is 5.75 Å². The number of alkyl halides is 6. The van der Waals surface area contributed by atoms with Crippen molar-refractivity contribution in [3.8, 4) is 5.75 Å². The van der Waals surface area contributed by atoms with Gasteiger partial charge < -0.3 is 20.3 Å². The number of nitrogens with zero attached hydrogens (tertiary/aromatic N) is 3. The van der Waals surface area contributed by atoms with Crippen molar-refractivity contribution < 1.29 is 45.5 Å². The Morgan fingerprint density at radius 3 is 2.50 bits per heavy atom. The number of rotatable bonds is 9. The first-order valence-corrected chi connectivity index (χ1v) is 17.2. The minimum Gasteiger partial charge on any atom is -0.474 e. The Hall–Kier alpha value is -3.37. The SMILES string of the molecule is CCCC1N(C(=O)c2ncccc2C(F)(F)F)CCCC1(Oc1csc(C(F)(F)F)c1)C(=O)N1CCc2sc(Cl)cc2C1CCC(N)=O. The third-order valence-corrected chi connectivity index (χ3v) is 10.9. The monoisotopic (exact) mass is 736 g/mol. The molecule has 2 aliphatic rings. The number of halogens is 7. The van der Waals surface area contributed by atoms with Crippen molar-refractivity contribution in [2.45, 2.75) is 81.9 Å². The second kappa shape index (κ2) is 13.9. The quantitative estimate of drug-likeness (QED) is 0.229. The number of thiophene rings is 2. The molecule has 1 fully saturated rings. The molecular weight excluding hydrogens is 706 g/mol. The summed E-state index contributed by atoms with van der Waals surface area (Å²) in [5.41, 5.74) is 2.02. The zero-order chi connectivity index (χ0) is 35.0. The van der Waals surface area contributed by atoms with E-state index >= 15 is 4.79 Å². The van der Waals surface area contributed by atoms with E-state index in [0.717, 1.165) is 39.6 Å². The molecule has 3 unspecified atom stereocenters. The van der Waals surface area contributed by atoms with Crippen molar-refractivity contribution in [1.29, 1.82) is 0 Å². The number of hydrogen-bond donors (Lipinski definition) is 1. The minimum atomic E-state index is -4.91. The molecule has 0 saturated carbocycles. The predicted molar refractivity (Wildman–Crippen MR) is 167 cm³/mol.